The van der Waals surface area contributed by atoms with Crippen LogP contribution in [-0.4, -0.2) is 86.3 Å². The molecule has 0 radical (unpaired) electrons. The highest BCUT2D eigenvalue weighted by Crippen LogP contribution is 2.42. The Hall–Kier alpha value is -3.56. The highest BCUT2D eigenvalue weighted by molar-refractivity contribution is 6.46. The Morgan fingerprint density at radius 3 is 2.46 bits per heavy atom. The molecule has 1 amide bonds. The van der Waals surface area contributed by atoms with E-state index in [1.165, 1.54) is 0 Å². The number of ketones is 1. The Morgan fingerprint density at radius 2 is 1.78 bits per heavy atom. The first-order valence-corrected chi connectivity index (χ1v) is 14.5. The number of nitrogens with zero attached hydrogens (tertiary/aromatic N) is 2. The van der Waals surface area contributed by atoms with E-state index in [-0.39, 0.29) is 11.3 Å². The Morgan fingerprint density at radius 1 is 1.00 bits per heavy atom. The van der Waals surface area contributed by atoms with E-state index in [1.54, 1.807) is 30.2 Å². The van der Waals surface area contributed by atoms with E-state index in [9.17, 15) is 14.7 Å². The third kappa shape index (κ3) is 7.02. The molecule has 0 spiro atoms. The van der Waals surface area contributed by atoms with Crippen LogP contribution in [0.1, 0.15) is 55.8 Å². The van der Waals surface area contributed by atoms with Crippen molar-refractivity contribution in [3.05, 3.63) is 58.7 Å². The molecule has 2 saturated heterocycles. The highest BCUT2D eigenvalue weighted by atomic mass is 16.5. The van der Waals surface area contributed by atoms with Gasteiger partial charge in [0, 0.05) is 31.7 Å². The van der Waals surface area contributed by atoms with Crippen LogP contribution >= 0.6 is 0 Å². The van der Waals surface area contributed by atoms with E-state index in [0.717, 1.165) is 37.9 Å². The normalized spacial score (nSPS) is 19.0. The first-order valence-electron chi connectivity index (χ1n) is 14.5. The third-order valence-electron chi connectivity index (χ3n) is 7.57. The number of aliphatic hydroxyl groups is 1. The molecule has 2 aromatic rings. The van der Waals surface area contributed by atoms with Gasteiger partial charge in [-0.2, -0.15) is 0 Å². The second-order valence-electron chi connectivity index (χ2n) is 10.3. The molecule has 2 heterocycles. The summed E-state index contributed by atoms with van der Waals surface area (Å²) in [6, 6.07) is 9.95. The van der Waals surface area contributed by atoms with Gasteiger partial charge in [-0.05, 0) is 61.7 Å². The number of rotatable bonds is 13. The molecule has 1 N–H and O–H groups in total. The number of morpholine rings is 1. The van der Waals surface area contributed by atoms with E-state index in [4.69, 9.17) is 18.9 Å². The summed E-state index contributed by atoms with van der Waals surface area (Å²) >= 11 is 0. The first-order chi connectivity index (χ1) is 19.9. The van der Waals surface area contributed by atoms with Gasteiger partial charge in [-0.3, -0.25) is 14.5 Å². The van der Waals surface area contributed by atoms with Gasteiger partial charge in [0.25, 0.3) is 11.7 Å². The zero-order chi connectivity index (χ0) is 29.4. The van der Waals surface area contributed by atoms with Gasteiger partial charge in [0.05, 0.1) is 45.2 Å². The van der Waals surface area contributed by atoms with Gasteiger partial charge in [-0.25, -0.2) is 0 Å². The first kappa shape index (κ1) is 30.4. The van der Waals surface area contributed by atoms with Crippen LogP contribution in [0.25, 0.3) is 5.76 Å². The van der Waals surface area contributed by atoms with Gasteiger partial charge in [-0.15, -0.1) is 0 Å². The molecule has 222 valence electrons. The molecule has 1 unspecified atom stereocenters. The maximum atomic E-state index is 13.5. The third-order valence-corrected chi connectivity index (χ3v) is 7.57. The number of hydrogen-bond acceptors (Lipinski definition) is 8. The summed E-state index contributed by atoms with van der Waals surface area (Å²) in [7, 11) is 1.57. The van der Waals surface area contributed by atoms with Gasteiger partial charge in [0.2, 0.25) is 0 Å². The number of amides is 1. The molecule has 9 heteroatoms. The number of aryl methyl sites for hydroxylation is 1. The molecule has 41 heavy (non-hydrogen) atoms. The van der Waals surface area contributed by atoms with Crippen molar-refractivity contribution in [2.24, 2.45) is 0 Å². The van der Waals surface area contributed by atoms with E-state index in [0.29, 0.717) is 67.9 Å². The lowest BCUT2D eigenvalue weighted by molar-refractivity contribution is -0.140. The molecule has 0 aliphatic carbocycles. The molecule has 2 aromatic carbocycles. The number of carbonyl (C=O) groups excluding carboxylic acids is 2. The summed E-state index contributed by atoms with van der Waals surface area (Å²) in [6.07, 6.45) is 3.10. The number of unbranched alkanes of at least 4 members (excludes halogenated alkanes) is 2. The average molecular weight is 567 g/mol. The van der Waals surface area contributed by atoms with Crippen LogP contribution in [0.3, 0.4) is 0 Å². The van der Waals surface area contributed by atoms with Gasteiger partial charge < -0.3 is 29.0 Å². The maximum absolute atomic E-state index is 13.5. The molecule has 0 saturated carbocycles. The minimum absolute atomic E-state index is 0.0582. The fourth-order valence-electron chi connectivity index (χ4n) is 5.34. The summed E-state index contributed by atoms with van der Waals surface area (Å²) in [6.45, 7) is 10.7. The van der Waals surface area contributed by atoms with Crippen molar-refractivity contribution in [3.8, 4) is 17.2 Å². The van der Waals surface area contributed by atoms with Crippen molar-refractivity contribution < 1.29 is 33.6 Å². The largest absolute Gasteiger partial charge is 0.507 e. The summed E-state index contributed by atoms with van der Waals surface area (Å²) in [5.41, 5.74) is 1.93. The molecular formula is C32H42N2O7. The van der Waals surface area contributed by atoms with Gasteiger partial charge in [0.15, 0.2) is 11.5 Å². The monoisotopic (exact) mass is 566 g/mol. The zero-order valence-corrected chi connectivity index (χ0v) is 24.6. The Bertz CT molecular complexity index is 1250. The molecule has 1 atom stereocenters. The topological polar surface area (TPSA) is 97.8 Å². The van der Waals surface area contributed by atoms with Crippen LogP contribution in [0.2, 0.25) is 0 Å². The van der Waals surface area contributed by atoms with Crippen molar-refractivity contribution in [2.45, 2.75) is 46.1 Å². The van der Waals surface area contributed by atoms with Crippen molar-refractivity contribution >= 4 is 17.4 Å². The van der Waals surface area contributed by atoms with Gasteiger partial charge >= 0.3 is 0 Å². The number of aliphatic hydroxyl groups excluding tert-OH is 1. The fraction of sp³-hybridized carbons (Fsp3) is 0.500. The zero-order valence-electron chi connectivity index (χ0n) is 24.6. The molecule has 4 rings (SSSR count). The minimum atomic E-state index is -0.787. The minimum Gasteiger partial charge on any atom is -0.507 e. The maximum Gasteiger partial charge on any atom is 0.295 e. The van der Waals surface area contributed by atoms with Crippen LogP contribution in [0, 0.1) is 6.92 Å². The van der Waals surface area contributed by atoms with Crippen molar-refractivity contribution in [2.75, 3.05) is 59.7 Å². The van der Waals surface area contributed by atoms with Gasteiger partial charge in [-0.1, -0.05) is 25.8 Å². The van der Waals surface area contributed by atoms with Crippen molar-refractivity contribution in [1.82, 2.24) is 9.80 Å². The molecule has 0 bridgehead atoms. The Labute approximate surface area is 242 Å². The molecule has 2 fully saturated rings. The van der Waals surface area contributed by atoms with E-state index in [1.807, 2.05) is 32.0 Å². The number of ether oxygens (including phenoxy) is 4. The van der Waals surface area contributed by atoms with Crippen LogP contribution in [0.4, 0.5) is 0 Å². The van der Waals surface area contributed by atoms with Crippen LogP contribution in [0.15, 0.2) is 42.0 Å². The van der Waals surface area contributed by atoms with Crippen molar-refractivity contribution in [1.29, 1.82) is 0 Å². The lowest BCUT2D eigenvalue weighted by Crippen LogP contribution is -2.42. The van der Waals surface area contributed by atoms with E-state index >= 15 is 0 Å². The number of likely N-dealkylation sites (tertiary alicyclic amines) is 1. The number of benzene rings is 2. The summed E-state index contributed by atoms with van der Waals surface area (Å²) in [5, 5.41) is 11.6. The predicted octanol–water partition coefficient (Wildman–Crippen LogP) is 4.73. The average Bonchev–Trinajstić information content (AvgIpc) is 3.23. The van der Waals surface area contributed by atoms with Crippen LogP contribution in [-0.2, 0) is 14.3 Å². The van der Waals surface area contributed by atoms with Crippen molar-refractivity contribution in [3.63, 3.8) is 0 Å². The predicted molar refractivity (Wildman–Crippen MR) is 157 cm³/mol. The second-order valence-corrected chi connectivity index (χ2v) is 10.3. The summed E-state index contributed by atoms with van der Waals surface area (Å²) < 4.78 is 22.7. The number of hydrogen-bond donors (Lipinski definition) is 1. The quantitative estimate of drug-likeness (QED) is 0.161. The SMILES string of the molecule is CCCCCOc1ccc(C2C(=C(O)c3ccc(OCC)cc3C)C(=O)C(=O)N2CCN2CCOCC2)cc1OC. The Balaban J connectivity index is 1.74. The number of methoxy groups -OCH3 is 1. The number of carbonyl (C=O) groups is 2. The second kappa shape index (κ2) is 14.4. The lowest BCUT2D eigenvalue weighted by atomic mass is 9.93. The standard InChI is InChI=1S/C32H42N2O7/c1-5-7-8-17-41-26-12-9-23(21-27(26)38-4)29-28(30(35)25-11-10-24(40-6-2)20-22(25)3)31(36)32(37)34(29)14-13-33-15-18-39-19-16-33/h9-12,20-21,29,35H,5-8,13-19H2,1-4H3. The highest BCUT2D eigenvalue weighted by Gasteiger charge is 2.46. The van der Waals surface area contributed by atoms with E-state index < -0.39 is 17.7 Å². The van der Waals surface area contributed by atoms with Crippen LogP contribution < -0.4 is 14.2 Å². The Kier molecular flexibility index (Phi) is 10.7. The van der Waals surface area contributed by atoms with Gasteiger partial charge in [0.1, 0.15) is 11.5 Å². The smallest absolute Gasteiger partial charge is 0.295 e. The molecular weight excluding hydrogens is 524 g/mol. The van der Waals surface area contributed by atoms with E-state index in [2.05, 4.69) is 11.8 Å². The van der Waals surface area contributed by atoms with Crippen LogP contribution in [0.5, 0.6) is 17.2 Å². The lowest BCUT2D eigenvalue weighted by Gasteiger charge is -2.31. The summed E-state index contributed by atoms with van der Waals surface area (Å²) in [5.74, 6) is 0.230. The fourth-order valence-corrected chi connectivity index (χ4v) is 5.34. The molecule has 9 nitrogen and oxygen atoms in total. The molecule has 0 aromatic heterocycles. The number of Topliss-reactive ketones (excluding diaryl/α,β-unsaturated/α-hetero) is 1. The molecule has 2 aliphatic heterocycles. The summed E-state index contributed by atoms with van der Waals surface area (Å²) in [4.78, 5) is 30.8. The molecule has 2 aliphatic rings.